The summed E-state index contributed by atoms with van der Waals surface area (Å²) < 4.78 is 10.4. The zero-order valence-electron chi connectivity index (χ0n) is 7.73. The van der Waals surface area contributed by atoms with Crippen LogP contribution in [-0.4, -0.2) is 29.3 Å². The second-order valence-corrected chi connectivity index (χ2v) is 3.03. The number of aryl methyl sites for hydroxylation is 1. The molecule has 5 heteroatoms. The van der Waals surface area contributed by atoms with Crippen LogP contribution in [0.25, 0.3) is 0 Å². The highest BCUT2D eigenvalue weighted by molar-refractivity contribution is 5.35. The van der Waals surface area contributed by atoms with Crippen molar-refractivity contribution in [2.75, 3.05) is 13.2 Å². The number of rotatable bonds is 2. The Kier molecular flexibility index (Phi) is 2.29. The van der Waals surface area contributed by atoms with Gasteiger partial charge >= 0.3 is 0 Å². The van der Waals surface area contributed by atoms with Crippen molar-refractivity contribution in [1.29, 1.82) is 5.26 Å². The number of nitrogens with zero attached hydrogens (tertiary/aromatic N) is 3. The number of hydrogen-bond donors (Lipinski definition) is 0. The first-order valence-electron chi connectivity index (χ1n) is 4.27. The minimum atomic E-state index is 0.0244. The van der Waals surface area contributed by atoms with Gasteiger partial charge in [0.1, 0.15) is 23.6 Å². The van der Waals surface area contributed by atoms with E-state index >= 15 is 0 Å². The van der Waals surface area contributed by atoms with E-state index in [0.717, 1.165) is 0 Å². The van der Waals surface area contributed by atoms with Crippen molar-refractivity contribution in [2.24, 2.45) is 0 Å². The van der Waals surface area contributed by atoms with E-state index in [1.165, 1.54) is 6.20 Å². The molecule has 5 nitrogen and oxygen atoms in total. The third-order valence-corrected chi connectivity index (χ3v) is 1.88. The van der Waals surface area contributed by atoms with E-state index in [0.29, 0.717) is 30.5 Å². The van der Waals surface area contributed by atoms with Crippen LogP contribution in [0.1, 0.15) is 11.4 Å². The summed E-state index contributed by atoms with van der Waals surface area (Å²) in [6.45, 7) is 2.88. The second-order valence-electron chi connectivity index (χ2n) is 3.03. The lowest BCUT2D eigenvalue weighted by molar-refractivity contribution is -0.0815. The minimum Gasteiger partial charge on any atom is -0.468 e. The van der Waals surface area contributed by atoms with Crippen molar-refractivity contribution in [3.8, 4) is 11.9 Å². The molecular formula is C9H9N3O2. The molecule has 2 heterocycles. The molecule has 0 bridgehead atoms. The molecule has 1 aliphatic rings. The number of aromatic nitrogens is 2. The standard InChI is InChI=1S/C9H9N3O2/c1-6-11-3-7(2-10)9(12-6)14-8-4-13-5-8/h3,8H,4-5H2,1H3. The molecule has 14 heavy (non-hydrogen) atoms. The SMILES string of the molecule is Cc1ncc(C#N)c(OC2COC2)n1. The Labute approximate surface area is 81.3 Å². The largest absolute Gasteiger partial charge is 0.468 e. The smallest absolute Gasteiger partial charge is 0.235 e. The molecule has 0 N–H and O–H groups in total. The first-order valence-corrected chi connectivity index (χ1v) is 4.27. The van der Waals surface area contributed by atoms with Crippen molar-refractivity contribution in [3.63, 3.8) is 0 Å². The van der Waals surface area contributed by atoms with Crippen LogP contribution in [0.15, 0.2) is 6.20 Å². The highest BCUT2D eigenvalue weighted by Crippen LogP contribution is 2.17. The molecule has 0 spiro atoms. The van der Waals surface area contributed by atoms with Crippen LogP contribution in [0.2, 0.25) is 0 Å². The van der Waals surface area contributed by atoms with Gasteiger partial charge in [0.05, 0.1) is 19.4 Å². The zero-order chi connectivity index (χ0) is 9.97. The van der Waals surface area contributed by atoms with Crippen LogP contribution >= 0.6 is 0 Å². The third kappa shape index (κ3) is 1.65. The first-order chi connectivity index (χ1) is 6.79. The number of hydrogen-bond acceptors (Lipinski definition) is 5. The van der Waals surface area contributed by atoms with Crippen molar-refractivity contribution < 1.29 is 9.47 Å². The van der Waals surface area contributed by atoms with Crippen molar-refractivity contribution in [2.45, 2.75) is 13.0 Å². The summed E-state index contributed by atoms with van der Waals surface area (Å²) in [4.78, 5) is 7.97. The third-order valence-electron chi connectivity index (χ3n) is 1.88. The first kappa shape index (κ1) is 8.91. The van der Waals surface area contributed by atoms with Crippen LogP contribution in [0.4, 0.5) is 0 Å². The fourth-order valence-electron chi connectivity index (χ4n) is 1.06. The fraction of sp³-hybridized carbons (Fsp3) is 0.444. The average molecular weight is 191 g/mol. The zero-order valence-corrected chi connectivity index (χ0v) is 7.73. The quantitative estimate of drug-likeness (QED) is 0.678. The van der Waals surface area contributed by atoms with Crippen molar-refractivity contribution >= 4 is 0 Å². The lowest BCUT2D eigenvalue weighted by Crippen LogP contribution is -2.39. The van der Waals surface area contributed by atoms with E-state index in [4.69, 9.17) is 14.7 Å². The van der Waals surface area contributed by atoms with Crippen LogP contribution in [0.3, 0.4) is 0 Å². The Morgan fingerprint density at radius 2 is 2.43 bits per heavy atom. The van der Waals surface area contributed by atoms with Crippen LogP contribution in [-0.2, 0) is 4.74 Å². The molecule has 0 atom stereocenters. The molecule has 0 unspecified atom stereocenters. The van der Waals surface area contributed by atoms with Crippen LogP contribution in [0, 0.1) is 18.3 Å². The van der Waals surface area contributed by atoms with E-state index in [-0.39, 0.29) is 6.10 Å². The van der Waals surface area contributed by atoms with Gasteiger partial charge in [0.25, 0.3) is 0 Å². The average Bonchev–Trinajstić information content (AvgIpc) is 2.12. The monoisotopic (exact) mass is 191 g/mol. The second kappa shape index (κ2) is 3.60. The van der Waals surface area contributed by atoms with Crippen LogP contribution in [0.5, 0.6) is 5.88 Å². The molecule has 0 saturated carbocycles. The maximum atomic E-state index is 8.77. The molecule has 1 aromatic heterocycles. The molecule has 1 aliphatic heterocycles. The maximum Gasteiger partial charge on any atom is 0.235 e. The van der Waals surface area contributed by atoms with E-state index < -0.39 is 0 Å². The number of ether oxygens (including phenoxy) is 2. The van der Waals surface area contributed by atoms with Gasteiger partial charge in [-0.3, -0.25) is 0 Å². The van der Waals surface area contributed by atoms with Gasteiger partial charge in [0.15, 0.2) is 0 Å². The molecule has 1 aromatic rings. The summed E-state index contributed by atoms with van der Waals surface area (Å²) in [6, 6.07) is 1.99. The molecule has 2 rings (SSSR count). The van der Waals surface area contributed by atoms with Crippen molar-refractivity contribution in [3.05, 3.63) is 17.6 Å². The summed E-state index contributed by atoms with van der Waals surface area (Å²) in [5, 5.41) is 8.77. The van der Waals surface area contributed by atoms with Gasteiger partial charge in [0, 0.05) is 0 Å². The predicted octanol–water partition coefficient (Wildman–Crippen LogP) is 0.434. The molecule has 0 amide bonds. The summed E-state index contributed by atoms with van der Waals surface area (Å²) in [6.07, 6.45) is 1.49. The Balaban J connectivity index is 2.21. The van der Waals surface area contributed by atoms with E-state index in [2.05, 4.69) is 9.97 Å². The lowest BCUT2D eigenvalue weighted by atomic mass is 10.3. The Morgan fingerprint density at radius 1 is 1.64 bits per heavy atom. The lowest BCUT2D eigenvalue weighted by Gasteiger charge is -2.26. The summed E-state index contributed by atoms with van der Waals surface area (Å²) in [7, 11) is 0. The highest BCUT2D eigenvalue weighted by atomic mass is 16.6. The molecule has 1 saturated heterocycles. The van der Waals surface area contributed by atoms with Gasteiger partial charge in [-0.05, 0) is 6.92 Å². The molecule has 0 aliphatic carbocycles. The Morgan fingerprint density at radius 3 is 3.00 bits per heavy atom. The van der Waals surface area contributed by atoms with Crippen molar-refractivity contribution in [1.82, 2.24) is 9.97 Å². The van der Waals surface area contributed by atoms with E-state index in [9.17, 15) is 0 Å². The van der Waals surface area contributed by atoms with E-state index in [1.54, 1.807) is 6.92 Å². The maximum absolute atomic E-state index is 8.77. The number of nitriles is 1. The van der Waals surface area contributed by atoms with Gasteiger partial charge in [-0.1, -0.05) is 0 Å². The summed E-state index contributed by atoms with van der Waals surface area (Å²) >= 11 is 0. The molecule has 0 radical (unpaired) electrons. The van der Waals surface area contributed by atoms with Gasteiger partial charge in [0.2, 0.25) is 5.88 Å². The van der Waals surface area contributed by atoms with E-state index in [1.807, 2.05) is 6.07 Å². The molecule has 72 valence electrons. The van der Waals surface area contributed by atoms with Crippen LogP contribution < -0.4 is 4.74 Å². The van der Waals surface area contributed by atoms with Gasteiger partial charge < -0.3 is 9.47 Å². The Bertz CT molecular complexity index is 382. The minimum absolute atomic E-state index is 0.0244. The highest BCUT2D eigenvalue weighted by Gasteiger charge is 2.22. The fourth-order valence-corrected chi connectivity index (χ4v) is 1.06. The predicted molar refractivity (Wildman–Crippen MR) is 46.7 cm³/mol. The van der Waals surface area contributed by atoms with Gasteiger partial charge in [-0.15, -0.1) is 0 Å². The molecule has 1 fully saturated rings. The normalized spacial score (nSPS) is 15.7. The summed E-state index contributed by atoms with van der Waals surface area (Å²) in [5.41, 5.74) is 0.363. The molecular weight excluding hydrogens is 182 g/mol. The topological polar surface area (TPSA) is 68.0 Å². The van der Waals surface area contributed by atoms with Gasteiger partial charge in [-0.25, -0.2) is 4.98 Å². The Hall–Kier alpha value is -1.67. The molecule has 0 aromatic carbocycles. The van der Waals surface area contributed by atoms with Gasteiger partial charge in [-0.2, -0.15) is 10.2 Å². The summed E-state index contributed by atoms with van der Waals surface area (Å²) in [5.74, 6) is 0.951.